The summed E-state index contributed by atoms with van der Waals surface area (Å²) in [5, 5.41) is 0.516. The number of anilines is 1. The first-order valence-corrected chi connectivity index (χ1v) is 7.75. The number of halogens is 1. The largest absolute Gasteiger partial charge is 0.494 e. The number of carbonyl (C=O) groups excluding carboxylic acids is 2. The molecule has 0 aliphatic carbocycles. The third-order valence-corrected chi connectivity index (χ3v) is 4.29. The van der Waals surface area contributed by atoms with E-state index >= 15 is 0 Å². The van der Waals surface area contributed by atoms with Crippen LogP contribution in [0.1, 0.15) is 6.42 Å². The lowest BCUT2D eigenvalue weighted by atomic mass is 10.2. The first kappa shape index (κ1) is 15.7. The summed E-state index contributed by atoms with van der Waals surface area (Å²) < 4.78 is 10.4. The molecular formula is C16H17ClN2O4. The fourth-order valence-corrected chi connectivity index (χ4v) is 2.97. The van der Waals surface area contributed by atoms with Gasteiger partial charge in [0.25, 0.3) is 5.91 Å². The molecular weight excluding hydrogens is 320 g/mol. The van der Waals surface area contributed by atoms with Gasteiger partial charge >= 0.3 is 0 Å². The van der Waals surface area contributed by atoms with E-state index in [1.54, 1.807) is 24.1 Å². The van der Waals surface area contributed by atoms with Crippen molar-refractivity contribution in [2.24, 2.45) is 0 Å². The summed E-state index contributed by atoms with van der Waals surface area (Å²) in [4.78, 5) is 28.1. The predicted molar refractivity (Wildman–Crippen MR) is 85.0 cm³/mol. The van der Waals surface area contributed by atoms with Crippen molar-refractivity contribution in [1.29, 1.82) is 0 Å². The molecule has 2 heterocycles. The van der Waals surface area contributed by atoms with Crippen LogP contribution in [0.2, 0.25) is 5.02 Å². The number of hydrogen-bond donors (Lipinski definition) is 0. The van der Waals surface area contributed by atoms with E-state index in [1.165, 1.54) is 11.2 Å². The van der Waals surface area contributed by atoms with E-state index in [-0.39, 0.29) is 17.6 Å². The Morgan fingerprint density at radius 1 is 1.35 bits per heavy atom. The zero-order valence-electron chi connectivity index (χ0n) is 12.7. The van der Waals surface area contributed by atoms with E-state index in [0.29, 0.717) is 36.9 Å². The Morgan fingerprint density at radius 2 is 2.13 bits per heavy atom. The van der Waals surface area contributed by atoms with Gasteiger partial charge in [0.2, 0.25) is 11.7 Å². The van der Waals surface area contributed by atoms with Gasteiger partial charge in [0.15, 0.2) is 0 Å². The lowest BCUT2D eigenvalue weighted by Gasteiger charge is -2.26. The summed E-state index contributed by atoms with van der Waals surface area (Å²) in [5.74, 6) is -0.377. The molecule has 122 valence electrons. The lowest BCUT2D eigenvalue weighted by molar-refractivity contribution is -0.137. The summed E-state index contributed by atoms with van der Waals surface area (Å²) in [6.45, 7) is 1.26. The molecule has 23 heavy (non-hydrogen) atoms. The van der Waals surface area contributed by atoms with Crippen molar-refractivity contribution in [3.05, 3.63) is 41.3 Å². The monoisotopic (exact) mass is 336 g/mol. The third kappa shape index (κ3) is 2.99. The molecule has 3 rings (SSSR count). The maximum Gasteiger partial charge on any atom is 0.292 e. The molecule has 0 saturated carbocycles. The zero-order valence-corrected chi connectivity index (χ0v) is 13.5. The van der Waals surface area contributed by atoms with Gasteiger partial charge in [-0.15, -0.1) is 0 Å². The maximum absolute atomic E-state index is 12.7. The highest BCUT2D eigenvalue weighted by Gasteiger charge is 2.39. The minimum atomic E-state index is -0.537. The molecule has 0 N–H and O–H groups in total. The predicted octanol–water partition coefficient (Wildman–Crippen LogP) is 1.79. The Kier molecular flexibility index (Phi) is 4.43. The second kappa shape index (κ2) is 6.50. The number of ether oxygens (including phenoxy) is 2. The second-order valence-electron chi connectivity index (χ2n) is 5.36. The number of likely N-dealkylation sites (N-methyl/N-ethyl adjacent to an activating group) is 1. The molecule has 2 amide bonds. The molecule has 0 spiro atoms. The van der Waals surface area contributed by atoms with Gasteiger partial charge in [0.1, 0.15) is 25.5 Å². The van der Waals surface area contributed by atoms with Crippen LogP contribution in [-0.2, 0) is 19.1 Å². The first-order chi connectivity index (χ1) is 11.1. The van der Waals surface area contributed by atoms with Gasteiger partial charge in [-0.25, -0.2) is 0 Å². The highest BCUT2D eigenvalue weighted by Crippen LogP contribution is 2.30. The molecule has 1 fully saturated rings. The lowest BCUT2D eigenvalue weighted by Crippen LogP contribution is -2.44. The highest BCUT2D eigenvalue weighted by atomic mass is 35.5. The van der Waals surface area contributed by atoms with E-state index in [2.05, 4.69) is 0 Å². The average molecular weight is 337 g/mol. The molecule has 1 atom stereocenters. The fraction of sp³-hybridized carbons (Fsp3) is 0.375. The number of benzene rings is 1. The molecule has 6 nitrogen and oxygen atoms in total. The van der Waals surface area contributed by atoms with E-state index in [9.17, 15) is 9.59 Å². The summed E-state index contributed by atoms with van der Waals surface area (Å²) in [6.07, 6.45) is 1.84. The minimum Gasteiger partial charge on any atom is -0.494 e. The minimum absolute atomic E-state index is 0.128. The van der Waals surface area contributed by atoms with Crippen molar-refractivity contribution in [2.45, 2.75) is 12.5 Å². The van der Waals surface area contributed by atoms with Crippen LogP contribution >= 0.6 is 11.6 Å². The van der Waals surface area contributed by atoms with Crippen molar-refractivity contribution < 1.29 is 19.1 Å². The van der Waals surface area contributed by atoms with Crippen LogP contribution in [0.3, 0.4) is 0 Å². The Morgan fingerprint density at radius 3 is 2.83 bits per heavy atom. The Bertz CT molecular complexity index is 661. The SMILES string of the molecule is CN(C(=O)C1=COCCO1)[C@@H]1CCN(c2ccccc2Cl)C1=O. The van der Waals surface area contributed by atoms with E-state index in [1.807, 2.05) is 12.1 Å². The topological polar surface area (TPSA) is 59.1 Å². The van der Waals surface area contributed by atoms with Gasteiger partial charge in [-0.3, -0.25) is 9.59 Å². The molecule has 2 aliphatic heterocycles. The first-order valence-electron chi connectivity index (χ1n) is 7.37. The Balaban J connectivity index is 1.75. The van der Waals surface area contributed by atoms with E-state index in [4.69, 9.17) is 21.1 Å². The molecule has 7 heteroatoms. The van der Waals surface area contributed by atoms with Crippen molar-refractivity contribution in [2.75, 3.05) is 31.7 Å². The van der Waals surface area contributed by atoms with Gasteiger partial charge in [-0.1, -0.05) is 23.7 Å². The van der Waals surface area contributed by atoms with E-state index < -0.39 is 6.04 Å². The van der Waals surface area contributed by atoms with Crippen molar-refractivity contribution >= 4 is 29.1 Å². The molecule has 0 aromatic heterocycles. The number of hydrogen-bond acceptors (Lipinski definition) is 4. The number of para-hydroxylation sites is 1. The normalized spacial score (nSPS) is 20.6. The summed E-state index contributed by atoms with van der Waals surface area (Å²) >= 11 is 6.16. The summed E-state index contributed by atoms with van der Waals surface area (Å²) in [7, 11) is 1.60. The summed E-state index contributed by atoms with van der Waals surface area (Å²) in [6, 6.07) is 6.64. The van der Waals surface area contributed by atoms with Crippen LogP contribution in [-0.4, -0.2) is 49.6 Å². The van der Waals surface area contributed by atoms with Crippen LogP contribution in [0.15, 0.2) is 36.3 Å². The maximum atomic E-state index is 12.7. The molecule has 1 saturated heterocycles. The van der Waals surface area contributed by atoms with Crippen LogP contribution in [0.25, 0.3) is 0 Å². The Labute approximate surface area is 139 Å². The van der Waals surface area contributed by atoms with Crippen LogP contribution in [0, 0.1) is 0 Å². The Hall–Kier alpha value is -2.21. The van der Waals surface area contributed by atoms with Gasteiger partial charge < -0.3 is 19.3 Å². The van der Waals surface area contributed by atoms with Gasteiger partial charge in [0, 0.05) is 13.6 Å². The quantitative estimate of drug-likeness (QED) is 0.844. The van der Waals surface area contributed by atoms with Gasteiger partial charge in [0.05, 0.1) is 10.7 Å². The van der Waals surface area contributed by atoms with Crippen molar-refractivity contribution in [3.8, 4) is 0 Å². The summed E-state index contributed by atoms with van der Waals surface area (Å²) in [5.41, 5.74) is 0.666. The molecule has 1 aromatic rings. The number of carbonyl (C=O) groups is 2. The molecule has 0 radical (unpaired) electrons. The molecule has 0 unspecified atom stereocenters. The molecule has 0 bridgehead atoms. The number of amides is 2. The second-order valence-corrected chi connectivity index (χ2v) is 5.77. The van der Waals surface area contributed by atoms with Crippen LogP contribution in [0.5, 0.6) is 0 Å². The van der Waals surface area contributed by atoms with Crippen molar-refractivity contribution in [3.63, 3.8) is 0 Å². The number of nitrogens with zero attached hydrogens (tertiary/aromatic N) is 2. The van der Waals surface area contributed by atoms with E-state index in [0.717, 1.165) is 0 Å². The average Bonchev–Trinajstić information content (AvgIpc) is 2.96. The molecule has 2 aliphatic rings. The molecule has 1 aromatic carbocycles. The van der Waals surface area contributed by atoms with Gasteiger partial charge in [-0.05, 0) is 18.6 Å². The smallest absolute Gasteiger partial charge is 0.292 e. The highest BCUT2D eigenvalue weighted by molar-refractivity contribution is 6.34. The number of rotatable bonds is 3. The zero-order chi connectivity index (χ0) is 16.4. The van der Waals surface area contributed by atoms with Gasteiger partial charge in [-0.2, -0.15) is 0 Å². The third-order valence-electron chi connectivity index (χ3n) is 3.97. The van der Waals surface area contributed by atoms with Crippen molar-refractivity contribution in [1.82, 2.24) is 4.90 Å². The van der Waals surface area contributed by atoms with Crippen LogP contribution < -0.4 is 4.90 Å². The fourth-order valence-electron chi connectivity index (χ4n) is 2.73. The van der Waals surface area contributed by atoms with Crippen LogP contribution in [0.4, 0.5) is 5.69 Å². The standard InChI is InChI=1S/C16H17ClN2O4/c1-18(16(21)14-10-22-8-9-23-14)13-6-7-19(15(13)20)12-5-3-2-4-11(12)17/h2-5,10,13H,6-9H2,1H3/t13-/m1/s1.